The summed E-state index contributed by atoms with van der Waals surface area (Å²) in [4.78, 5) is 11.5. The van der Waals surface area contributed by atoms with Crippen molar-refractivity contribution in [3.05, 3.63) is 29.8 Å². The minimum atomic E-state index is -1.03. The number of aryl methyl sites for hydroxylation is 1. The molecule has 18 heavy (non-hydrogen) atoms. The Morgan fingerprint density at radius 3 is 2.61 bits per heavy atom. The van der Waals surface area contributed by atoms with E-state index < -0.39 is 11.6 Å². The van der Waals surface area contributed by atoms with E-state index >= 15 is 0 Å². The van der Waals surface area contributed by atoms with Gasteiger partial charge in [0.1, 0.15) is 5.75 Å². The van der Waals surface area contributed by atoms with Crippen molar-refractivity contribution in [1.82, 2.24) is 0 Å². The van der Waals surface area contributed by atoms with Crippen LogP contribution in [-0.2, 0) is 4.79 Å². The van der Waals surface area contributed by atoms with Crippen LogP contribution in [0.2, 0.25) is 0 Å². The molecular formula is C15H20O3. The predicted octanol–water partition coefficient (Wildman–Crippen LogP) is 3.41. The van der Waals surface area contributed by atoms with E-state index in [1.165, 1.54) is 0 Å². The second-order valence-electron chi connectivity index (χ2n) is 5.40. The molecule has 0 heterocycles. The van der Waals surface area contributed by atoms with Crippen LogP contribution < -0.4 is 4.74 Å². The fourth-order valence-corrected chi connectivity index (χ4v) is 2.49. The predicted molar refractivity (Wildman–Crippen MR) is 69.8 cm³/mol. The van der Waals surface area contributed by atoms with Gasteiger partial charge in [0.25, 0.3) is 0 Å². The summed E-state index contributed by atoms with van der Waals surface area (Å²) in [5.74, 6) is 0.418. The highest BCUT2D eigenvalue weighted by atomic mass is 16.5. The van der Waals surface area contributed by atoms with E-state index in [9.17, 15) is 9.90 Å². The maximum Gasteiger partial charge on any atom is 0.348 e. The van der Waals surface area contributed by atoms with Crippen LogP contribution in [-0.4, -0.2) is 16.7 Å². The SMILES string of the molecule is Cc1cccc(OC2(C(=O)O)CCC(C)CC2)c1. The van der Waals surface area contributed by atoms with Crippen LogP contribution in [0.15, 0.2) is 24.3 Å². The number of carbonyl (C=O) groups is 1. The molecule has 1 N–H and O–H groups in total. The van der Waals surface area contributed by atoms with Crippen molar-refractivity contribution in [1.29, 1.82) is 0 Å². The molecule has 0 saturated heterocycles. The Morgan fingerprint density at radius 1 is 1.39 bits per heavy atom. The van der Waals surface area contributed by atoms with Crippen molar-refractivity contribution in [2.45, 2.75) is 45.1 Å². The Labute approximate surface area is 108 Å². The molecule has 0 bridgehead atoms. The average Bonchev–Trinajstić information content (AvgIpc) is 2.32. The van der Waals surface area contributed by atoms with Crippen molar-refractivity contribution in [2.24, 2.45) is 5.92 Å². The highest BCUT2D eigenvalue weighted by Gasteiger charge is 2.43. The molecule has 3 nitrogen and oxygen atoms in total. The fourth-order valence-electron chi connectivity index (χ4n) is 2.49. The van der Waals surface area contributed by atoms with E-state index in [0.717, 1.165) is 18.4 Å². The van der Waals surface area contributed by atoms with Gasteiger partial charge in [-0.2, -0.15) is 0 Å². The minimum absolute atomic E-state index is 0.595. The van der Waals surface area contributed by atoms with Crippen LogP contribution in [0.3, 0.4) is 0 Å². The smallest absolute Gasteiger partial charge is 0.348 e. The Kier molecular flexibility index (Phi) is 3.60. The molecule has 0 radical (unpaired) electrons. The zero-order chi connectivity index (χ0) is 13.2. The number of carboxylic acid groups (broad SMARTS) is 1. The molecule has 0 amide bonds. The monoisotopic (exact) mass is 248 g/mol. The van der Waals surface area contributed by atoms with Gasteiger partial charge in [-0.15, -0.1) is 0 Å². The zero-order valence-corrected chi connectivity index (χ0v) is 11.0. The van der Waals surface area contributed by atoms with Gasteiger partial charge in [0, 0.05) is 0 Å². The highest BCUT2D eigenvalue weighted by molar-refractivity contribution is 5.78. The van der Waals surface area contributed by atoms with Crippen molar-refractivity contribution >= 4 is 5.97 Å². The number of hydrogen-bond donors (Lipinski definition) is 1. The van der Waals surface area contributed by atoms with E-state index in [4.69, 9.17) is 4.74 Å². The number of ether oxygens (including phenoxy) is 1. The van der Waals surface area contributed by atoms with Gasteiger partial charge in [0.05, 0.1) is 0 Å². The molecule has 0 aromatic heterocycles. The van der Waals surface area contributed by atoms with Crippen LogP contribution in [0.25, 0.3) is 0 Å². The van der Waals surface area contributed by atoms with Crippen molar-refractivity contribution < 1.29 is 14.6 Å². The van der Waals surface area contributed by atoms with E-state index in [-0.39, 0.29) is 0 Å². The molecule has 98 valence electrons. The topological polar surface area (TPSA) is 46.5 Å². The summed E-state index contributed by atoms with van der Waals surface area (Å²) in [6.07, 6.45) is 3.02. The summed E-state index contributed by atoms with van der Waals surface area (Å²) >= 11 is 0. The zero-order valence-electron chi connectivity index (χ0n) is 11.0. The van der Waals surface area contributed by atoms with Crippen LogP contribution in [0.4, 0.5) is 0 Å². The standard InChI is InChI=1S/C15H20O3/c1-11-6-8-15(9-7-11,14(16)17)18-13-5-3-4-12(2)10-13/h3-5,10-11H,6-9H2,1-2H3,(H,16,17). The lowest BCUT2D eigenvalue weighted by Gasteiger charge is -2.36. The Bertz CT molecular complexity index is 431. The van der Waals surface area contributed by atoms with Crippen LogP contribution in [0.1, 0.15) is 38.2 Å². The first-order chi connectivity index (χ1) is 8.52. The molecule has 1 aromatic carbocycles. The second-order valence-corrected chi connectivity index (χ2v) is 5.40. The lowest BCUT2D eigenvalue weighted by atomic mass is 9.79. The summed E-state index contributed by atoms with van der Waals surface area (Å²) in [6.45, 7) is 4.14. The normalized spacial score (nSPS) is 27.8. The molecular weight excluding hydrogens is 228 g/mol. The van der Waals surface area contributed by atoms with Crippen LogP contribution in [0.5, 0.6) is 5.75 Å². The molecule has 1 aliphatic rings. The molecule has 1 fully saturated rings. The quantitative estimate of drug-likeness (QED) is 0.891. The molecule has 1 aliphatic carbocycles. The third-order valence-electron chi connectivity index (χ3n) is 3.77. The van der Waals surface area contributed by atoms with Gasteiger partial charge >= 0.3 is 5.97 Å². The summed E-state index contributed by atoms with van der Waals surface area (Å²) in [5.41, 5.74) is 0.0533. The molecule has 0 aliphatic heterocycles. The largest absolute Gasteiger partial charge is 0.478 e. The number of aliphatic carboxylic acids is 1. The van der Waals surface area contributed by atoms with Gasteiger partial charge in [-0.1, -0.05) is 19.1 Å². The van der Waals surface area contributed by atoms with Gasteiger partial charge in [0.15, 0.2) is 0 Å². The lowest BCUT2D eigenvalue weighted by molar-refractivity contribution is -0.159. The molecule has 1 saturated carbocycles. The number of carboxylic acids is 1. The van der Waals surface area contributed by atoms with E-state index in [1.54, 1.807) is 0 Å². The lowest BCUT2D eigenvalue weighted by Crippen LogP contribution is -2.47. The van der Waals surface area contributed by atoms with E-state index in [0.29, 0.717) is 24.5 Å². The van der Waals surface area contributed by atoms with Gasteiger partial charge in [-0.05, 0) is 56.2 Å². The second kappa shape index (κ2) is 5.01. The summed E-state index contributed by atoms with van der Waals surface area (Å²) < 4.78 is 5.83. The molecule has 0 atom stereocenters. The maximum atomic E-state index is 11.5. The van der Waals surface area contributed by atoms with Crippen molar-refractivity contribution in [3.63, 3.8) is 0 Å². The summed E-state index contributed by atoms with van der Waals surface area (Å²) in [5, 5.41) is 9.48. The Morgan fingerprint density at radius 2 is 2.06 bits per heavy atom. The molecule has 0 unspecified atom stereocenters. The first-order valence-electron chi connectivity index (χ1n) is 6.51. The van der Waals surface area contributed by atoms with Gasteiger partial charge in [0.2, 0.25) is 5.60 Å². The average molecular weight is 248 g/mol. The van der Waals surface area contributed by atoms with E-state index in [2.05, 4.69) is 6.92 Å². The first kappa shape index (κ1) is 12.9. The van der Waals surface area contributed by atoms with Crippen molar-refractivity contribution in [3.8, 4) is 5.75 Å². The highest BCUT2D eigenvalue weighted by Crippen LogP contribution is 2.36. The van der Waals surface area contributed by atoms with Crippen molar-refractivity contribution in [2.75, 3.05) is 0 Å². The van der Waals surface area contributed by atoms with Gasteiger partial charge in [-0.25, -0.2) is 4.79 Å². The molecule has 1 aromatic rings. The maximum absolute atomic E-state index is 11.5. The molecule has 2 rings (SSSR count). The first-order valence-corrected chi connectivity index (χ1v) is 6.51. The number of hydrogen-bond acceptors (Lipinski definition) is 2. The Balaban J connectivity index is 2.19. The third-order valence-corrected chi connectivity index (χ3v) is 3.77. The Hall–Kier alpha value is -1.51. The van der Waals surface area contributed by atoms with Gasteiger partial charge in [-0.3, -0.25) is 0 Å². The minimum Gasteiger partial charge on any atom is -0.478 e. The fraction of sp³-hybridized carbons (Fsp3) is 0.533. The number of rotatable bonds is 3. The molecule has 0 spiro atoms. The van der Waals surface area contributed by atoms with Crippen LogP contribution in [0, 0.1) is 12.8 Å². The van der Waals surface area contributed by atoms with Gasteiger partial charge < -0.3 is 9.84 Å². The summed E-state index contributed by atoms with van der Waals surface area (Å²) in [6, 6.07) is 7.59. The third kappa shape index (κ3) is 2.66. The molecule has 3 heteroatoms. The van der Waals surface area contributed by atoms with E-state index in [1.807, 2.05) is 31.2 Å². The number of benzene rings is 1. The van der Waals surface area contributed by atoms with Crippen LogP contribution >= 0.6 is 0 Å². The summed E-state index contributed by atoms with van der Waals surface area (Å²) in [7, 11) is 0.